The van der Waals surface area contributed by atoms with E-state index in [1.54, 1.807) is 50.4 Å². The van der Waals surface area contributed by atoms with Gasteiger partial charge in [0.15, 0.2) is 28.2 Å². The zero-order valence-electron chi connectivity index (χ0n) is 67.2. The number of nitrogens with one attached hydrogen (secondary N) is 5. The molecule has 10 aromatic heterocycles. The number of nitrogens with zero attached hydrogens (tertiary/aromatic N) is 15. The van der Waals surface area contributed by atoms with Crippen LogP contribution in [0.15, 0.2) is 335 Å². The van der Waals surface area contributed by atoms with Crippen molar-refractivity contribution >= 4 is 103 Å². The maximum atomic E-state index is 13.5. The van der Waals surface area contributed by atoms with Gasteiger partial charge in [0.1, 0.15) is 69.1 Å². The smallest absolute Gasteiger partial charge is 0.160 e. The van der Waals surface area contributed by atoms with Crippen LogP contribution in [-0.4, -0.2) is 79.0 Å². The van der Waals surface area contributed by atoms with Crippen molar-refractivity contribution < 1.29 is 9.13 Å². The summed E-state index contributed by atoms with van der Waals surface area (Å²) in [5.41, 5.74) is 30.7. The summed E-state index contributed by atoms with van der Waals surface area (Å²) in [6, 6.07) is 86.5. The highest BCUT2D eigenvalue weighted by Gasteiger charge is 2.22. The fourth-order valence-corrected chi connectivity index (χ4v) is 14.0. The highest BCUT2D eigenvalue weighted by molar-refractivity contribution is 6.30. The number of anilines is 11. The van der Waals surface area contributed by atoms with Gasteiger partial charge in [0.2, 0.25) is 0 Å². The predicted molar refractivity (Wildman–Crippen MR) is 485 cm³/mol. The molecular weight excluding hydrogens is 1530 g/mol. The molecule has 0 saturated carbocycles. The Kier molecular flexibility index (Phi) is 23.6. The van der Waals surface area contributed by atoms with Crippen molar-refractivity contribution in [2.24, 2.45) is 0 Å². The summed E-state index contributed by atoms with van der Waals surface area (Å²) >= 11 is 5.98. The van der Waals surface area contributed by atoms with Gasteiger partial charge in [0.25, 0.3) is 0 Å². The number of nitrogen functional groups attached to an aromatic ring is 1. The maximum Gasteiger partial charge on any atom is 0.160 e. The number of nitrogens with two attached hydrogens (primary N) is 1. The van der Waals surface area contributed by atoms with Crippen LogP contribution in [0, 0.1) is 47.4 Å². The average molecular weight is 1610 g/mol. The number of ether oxygens (including phenoxy) is 1. The van der Waals surface area contributed by atoms with E-state index in [9.17, 15) is 4.39 Å². The van der Waals surface area contributed by atoms with Gasteiger partial charge in [-0.25, -0.2) is 29.3 Å². The molecule has 0 aliphatic heterocycles. The summed E-state index contributed by atoms with van der Waals surface area (Å²) in [7, 11) is 1.67. The molecule has 0 atom stereocenters. The number of benzene rings is 10. The molecule has 7 N–H and O–H groups in total. The zero-order valence-corrected chi connectivity index (χ0v) is 68.0. The van der Waals surface area contributed by atoms with Crippen molar-refractivity contribution in [3.8, 4) is 62.0 Å². The van der Waals surface area contributed by atoms with E-state index in [2.05, 4.69) is 136 Å². The highest BCUT2D eigenvalue weighted by Crippen LogP contribution is 2.39. The summed E-state index contributed by atoms with van der Waals surface area (Å²) in [6.07, 6.45) is 20.1. The van der Waals surface area contributed by atoms with Gasteiger partial charge in [-0.2, -0.15) is 0 Å². The minimum atomic E-state index is -0.284. The summed E-state index contributed by atoms with van der Waals surface area (Å²) in [6.45, 7) is 12.0. The molecule has 24 heteroatoms. The Balaban J connectivity index is 0.000000112. The van der Waals surface area contributed by atoms with Crippen LogP contribution in [0.1, 0.15) is 33.9 Å². The molecule has 0 radical (unpaired) electrons. The van der Waals surface area contributed by atoms with Crippen LogP contribution in [0.2, 0.25) is 5.02 Å². The number of halogens is 2. The summed E-state index contributed by atoms with van der Waals surface area (Å²) in [4.78, 5) is 45.5. The third kappa shape index (κ3) is 18.1. The van der Waals surface area contributed by atoms with Crippen LogP contribution < -0.4 is 37.1 Å². The molecule has 20 rings (SSSR count). The molecule has 0 amide bonds. The normalized spacial score (nSPS) is 10.9. The Morgan fingerprint density at radius 2 is 0.661 bits per heavy atom. The van der Waals surface area contributed by atoms with E-state index >= 15 is 0 Å². The van der Waals surface area contributed by atoms with Gasteiger partial charge in [0.05, 0.1) is 36.1 Å². The number of hydrogen-bond acceptors (Lipinski definition) is 17. The van der Waals surface area contributed by atoms with Gasteiger partial charge in [-0.3, -0.25) is 46.9 Å². The van der Waals surface area contributed by atoms with Crippen molar-refractivity contribution in [3.63, 3.8) is 0 Å². The number of aryl methyl sites for hydroxylation is 6. The number of rotatable bonds is 16. The SMILES string of the molecule is COc1cccc(-c2nc3c(C)nccn3c2Nc2cccc(C)c2)c1.Cc1cccc(Nc2c(-c3ccccc3)nc3c(C)nccn23)c1.Cc1nccn2c(Nc3ccc(Cl)cc3)c(-c3ccccc3)nc12.Cc1nccn2c(Nc3cccc(F)c3)c(-c3ccccc3)nc12.Nc1cccc(Nc2c(-c3ccccc3)nc3cnccn23)c1. The van der Waals surface area contributed by atoms with Crippen molar-refractivity contribution in [1.82, 2.24) is 71.8 Å². The molecule has 0 aliphatic carbocycles. The molecular formula is C97H83ClFN21O. The lowest BCUT2D eigenvalue weighted by molar-refractivity contribution is 0.415. The minimum Gasteiger partial charge on any atom is -0.497 e. The van der Waals surface area contributed by atoms with E-state index in [4.69, 9.17) is 47.0 Å². The van der Waals surface area contributed by atoms with Crippen LogP contribution in [0.3, 0.4) is 0 Å². The minimum absolute atomic E-state index is 0.284. The second-order valence-corrected chi connectivity index (χ2v) is 28.8. The van der Waals surface area contributed by atoms with E-state index in [0.717, 1.165) is 165 Å². The van der Waals surface area contributed by atoms with Gasteiger partial charge in [0, 0.05) is 129 Å². The Morgan fingerprint density at radius 3 is 1.06 bits per heavy atom. The lowest BCUT2D eigenvalue weighted by Crippen LogP contribution is -1.98. The Hall–Kier alpha value is -15.9. The van der Waals surface area contributed by atoms with Crippen molar-refractivity contribution in [3.05, 3.63) is 380 Å². The second kappa shape index (κ2) is 36.1. The second-order valence-electron chi connectivity index (χ2n) is 28.4. The molecule has 20 aromatic rings. The van der Waals surface area contributed by atoms with Gasteiger partial charge < -0.3 is 37.1 Å². The number of fused-ring (bicyclic) bond motifs is 5. The van der Waals surface area contributed by atoms with Crippen LogP contribution in [-0.2, 0) is 0 Å². The fraction of sp³-hybridized carbons (Fsp3) is 0.0722. The van der Waals surface area contributed by atoms with E-state index in [1.807, 2.05) is 258 Å². The number of aromatic nitrogens is 15. The molecule has 0 unspecified atom stereocenters. The lowest BCUT2D eigenvalue weighted by Gasteiger charge is -2.10. The molecule has 0 spiro atoms. The molecule has 0 saturated heterocycles. The topological polar surface area (TPSA) is 246 Å². The van der Waals surface area contributed by atoms with Crippen LogP contribution in [0.4, 0.5) is 67.6 Å². The van der Waals surface area contributed by atoms with Crippen molar-refractivity contribution in [1.29, 1.82) is 0 Å². The lowest BCUT2D eigenvalue weighted by atomic mass is 10.1. The van der Waals surface area contributed by atoms with Gasteiger partial charge in [-0.1, -0.05) is 181 Å². The number of imidazole rings is 5. The van der Waals surface area contributed by atoms with Crippen LogP contribution in [0.25, 0.3) is 84.5 Å². The van der Waals surface area contributed by atoms with E-state index in [1.165, 1.54) is 23.3 Å². The first-order valence-electron chi connectivity index (χ1n) is 39.0. The molecule has 10 heterocycles. The number of hydrogen-bond donors (Lipinski definition) is 6. The van der Waals surface area contributed by atoms with Gasteiger partial charge in [-0.15, -0.1) is 0 Å². The van der Waals surface area contributed by atoms with E-state index in [-0.39, 0.29) is 5.82 Å². The van der Waals surface area contributed by atoms with Crippen molar-refractivity contribution in [2.45, 2.75) is 41.5 Å². The molecule has 596 valence electrons. The van der Waals surface area contributed by atoms with E-state index in [0.29, 0.717) is 16.4 Å². The monoisotopic (exact) mass is 1610 g/mol. The standard InChI is InChI=1S/C21H20N4O.C20H18N4.C19H15ClN4.C19H15FN4.C18H15N5/c1-14-6-4-8-17(12-14)23-21-19(16-7-5-9-18(13-16)26-3)24-20-15(2)22-10-11-25(20)21;1-14-7-6-10-17(13-14)22-20-18(16-8-4-3-5-9-16)23-19-15(2)21-11-12-24(19)20;1-13-18-23-17(14-5-3-2-4-6-14)19(24(18)12-11-21-13)22-16-9-7-15(20)8-10-16;1-13-18-23-17(14-6-3-2-4-7-14)19(24(18)11-10-21-13)22-16-9-5-8-15(20)12-16;19-14-7-4-8-15(11-14)21-18-17(13-5-2-1-3-6-13)22-16-12-20-9-10-23(16)18/h4-13,23H,1-3H3;3-13,22H,1-2H3;2*2-12,22H,1H3;1-12,21H,19H2. The van der Waals surface area contributed by atoms with E-state index < -0.39 is 0 Å². The summed E-state index contributed by atoms with van der Waals surface area (Å²) in [5, 5.41) is 18.0. The van der Waals surface area contributed by atoms with Crippen LogP contribution in [0.5, 0.6) is 5.75 Å². The Morgan fingerprint density at radius 1 is 0.322 bits per heavy atom. The predicted octanol–water partition coefficient (Wildman–Crippen LogP) is 22.9. The molecule has 121 heavy (non-hydrogen) atoms. The average Bonchev–Trinajstić information content (AvgIpc) is 1.65. The largest absolute Gasteiger partial charge is 0.497 e. The Bertz CT molecular complexity index is 6830. The number of methoxy groups -OCH3 is 1. The third-order valence-electron chi connectivity index (χ3n) is 19.7. The fourth-order valence-electron chi connectivity index (χ4n) is 13.9. The first kappa shape index (κ1) is 79.0. The van der Waals surface area contributed by atoms with Gasteiger partial charge in [-0.05, 0) is 150 Å². The van der Waals surface area contributed by atoms with Crippen molar-refractivity contribution in [2.75, 3.05) is 39.4 Å². The quantitative estimate of drug-likeness (QED) is 0.0492. The summed E-state index contributed by atoms with van der Waals surface area (Å²) in [5.74, 6) is 4.95. The van der Waals surface area contributed by atoms with Gasteiger partial charge >= 0.3 is 0 Å². The molecule has 10 aromatic carbocycles. The molecule has 22 nitrogen and oxygen atoms in total. The first-order valence-corrected chi connectivity index (χ1v) is 39.4. The van der Waals surface area contributed by atoms with Crippen LogP contribution >= 0.6 is 11.6 Å². The molecule has 0 fully saturated rings. The maximum absolute atomic E-state index is 13.5. The summed E-state index contributed by atoms with van der Waals surface area (Å²) < 4.78 is 29.0. The molecule has 0 bridgehead atoms. The zero-order chi connectivity index (χ0) is 83.3. The third-order valence-corrected chi connectivity index (χ3v) is 20.0. The Labute approximate surface area is 702 Å². The molecule has 0 aliphatic rings. The highest BCUT2D eigenvalue weighted by atomic mass is 35.5. The first-order chi connectivity index (χ1) is 59.1.